The Balaban J connectivity index is 2.17. The second-order valence-corrected chi connectivity index (χ2v) is 6.39. The van der Waals surface area contributed by atoms with Crippen LogP contribution >= 0.6 is 0 Å². The van der Waals surface area contributed by atoms with Crippen LogP contribution in [-0.4, -0.2) is 46.5 Å². The fourth-order valence-electron chi connectivity index (χ4n) is 1.98. The molecule has 1 aromatic rings. The van der Waals surface area contributed by atoms with Crippen LogP contribution in [0.5, 0.6) is 5.75 Å². The average molecular weight is 340 g/mol. The minimum absolute atomic E-state index is 0.189. The molecule has 0 unspecified atom stereocenters. The molecule has 1 heterocycles. The van der Waals surface area contributed by atoms with Crippen LogP contribution in [0.15, 0.2) is 12.1 Å². The van der Waals surface area contributed by atoms with Gasteiger partial charge in [0.15, 0.2) is 0 Å². The van der Waals surface area contributed by atoms with Crippen LogP contribution in [0, 0.1) is 0 Å². The van der Waals surface area contributed by atoms with Gasteiger partial charge in [-0.3, -0.25) is 9.78 Å². The number of esters is 1. The van der Waals surface area contributed by atoms with Crippen molar-refractivity contribution in [2.45, 2.75) is 52.4 Å². The van der Waals surface area contributed by atoms with Crippen LogP contribution in [0.4, 0.5) is 0 Å². The maximum Gasteiger partial charge on any atom is 0.306 e. The van der Waals surface area contributed by atoms with E-state index in [9.17, 15) is 4.79 Å². The number of aliphatic hydroxyl groups is 2. The van der Waals surface area contributed by atoms with E-state index in [1.54, 1.807) is 12.1 Å². The quantitative estimate of drug-likeness (QED) is 0.434. The van der Waals surface area contributed by atoms with Crippen molar-refractivity contribution in [2.75, 3.05) is 19.7 Å². The smallest absolute Gasteiger partial charge is 0.306 e. The Kier molecular flexibility index (Phi) is 8.67. The summed E-state index contributed by atoms with van der Waals surface area (Å²) in [7, 11) is 0. The predicted octanol–water partition coefficient (Wildman–Crippen LogP) is 1.16. The third kappa shape index (κ3) is 8.81. The van der Waals surface area contributed by atoms with Crippen LogP contribution in [0.1, 0.15) is 45.0 Å². The molecule has 0 aliphatic heterocycles. The highest BCUT2D eigenvalue weighted by Gasteiger charge is 2.15. The number of nitrogens with one attached hydrogen (secondary N) is 1. The van der Waals surface area contributed by atoms with Crippen molar-refractivity contribution in [1.82, 2.24) is 10.3 Å². The molecule has 136 valence electrons. The van der Waals surface area contributed by atoms with Gasteiger partial charge in [-0.1, -0.05) is 0 Å². The zero-order valence-electron chi connectivity index (χ0n) is 14.7. The first-order chi connectivity index (χ1) is 11.3. The zero-order chi connectivity index (χ0) is 18.0. The van der Waals surface area contributed by atoms with Crippen molar-refractivity contribution < 1.29 is 24.5 Å². The summed E-state index contributed by atoms with van der Waals surface area (Å²) in [4.78, 5) is 15.6. The summed E-state index contributed by atoms with van der Waals surface area (Å²) < 4.78 is 10.8. The van der Waals surface area contributed by atoms with E-state index in [-0.39, 0.29) is 19.2 Å². The van der Waals surface area contributed by atoms with Crippen LogP contribution in [0.3, 0.4) is 0 Å². The summed E-state index contributed by atoms with van der Waals surface area (Å²) in [5.41, 5.74) is 0.479. The minimum Gasteiger partial charge on any atom is -0.492 e. The number of aromatic nitrogens is 1. The maximum absolute atomic E-state index is 11.5. The SMILES string of the molecule is CC(C)(C)OC(=O)CCCNCCOc1cc(CO)nc(CO)c1. The molecule has 7 nitrogen and oxygen atoms in total. The second-order valence-electron chi connectivity index (χ2n) is 6.39. The fraction of sp³-hybridized carbons (Fsp3) is 0.647. The first-order valence-corrected chi connectivity index (χ1v) is 8.11. The molecular weight excluding hydrogens is 312 g/mol. The highest BCUT2D eigenvalue weighted by molar-refractivity contribution is 5.69. The molecule has 0 aliphatic carbocycles. The van der Waals surface area contributed by atoms with Gasteiger partial charge in [0.05, 0.1) is 24.6 Å². The fourth-order valence-corrected chi connectivity index (χ4v) is 1.98. The summed E-state index contributed by atoms with van der Waals surface area (Å²) in [6, 6.07) is 3.28. The lowest BCUT2D eigenvalue weighted by molar-refractivity contribution is -0.154. The van der Waals surface area contributed by atoms with E-state index in [4.69, 9.17) is 19.7 Å². The Bertz CT molecular complexity index is 492. The van der Waals surface area contributed by atoms with Gasteiger partial charge < -0.3 is 25.0 Å². The molecule has 3 N–H and O–H groups in total. The number of carbonyl (C=O) groups excluding carboxylic acids is 1. The highest BCUT2D eigenvalue weighted by atomic mass is 16.6. The van der Waals surface area contributed by atoms with Gasteiger partial charge in [-0.05, 0) is 33.7 Å². The van der Waals surface area contributed by atoms with Crippen molar-refractivity contribution in [3.8, 4) is 5.75 Å². The Morgan fingerprint density at radius 1 is 1.17 bits per heavy atom. The molecule has 0 fully saturated rings. The van der Waals surface area contributed by atoms with Gasteiger partial charge in [0, 0.05) is 25.1 Å². The van der Waals surface area contributed by atoms with E-state index in [2.05, 4.69) is 10.3 Å². The number of pyridine rings is 1. The Morgan fingerprint density at radius 3 is 2.33 bits per heavy atom. The van der Waals surface area contributed by atoms with Crippen LogP contribution in [-0.2, 0) is 22.7 Å². The van der Waals surface area contributed by atoms with Gasteiger partial charge in [0.25, 0.3) is 0 Å². The van der Waals surface area contributed by atoms with E-state index in [1.165, 1.54) is 0 Å². The van der Waals surface area contributed by atoms with Gasteiger partial charge in [0.2, 0.25) is 0 Å². The number of hydrogen-bond donors (Lipinski definition) is 3. The molecule has 0 amide bonds. The molecule has 7 heteroatoms. The monoisotopic (exact) mass is 340 g/mol. The van der Waals surface area contributed by atoms with Crippen LogP contribution in [0.2, 0.25) is 0 Å². The largest absolute Gasteiger partial charge is 0.492 e. The third-order valence-electron chi connectivity index (χ3n) is 2.93. The molecule has 0 spiro atoms. The van der Waals surface area contributed by atoms with Crippen molar-refractivity contribution in [3.63, 3.8) is 0 Å². The van der Waals surface area contributed by atoms with E-state index >= 15 is 0 Å². The van der Waals surface area contributed by atoms with Gasteiger partial charge in [0.1, 0.15) is 18.0 Å². The first kappa shape index (κ1) is 20.3. The topological polar surface area (TPSA) is 101 Å². The third-order valence-corrected chi connectivity index (χ3v) is 2.93. The van der Waals surface area contributed by atoms with Gasteiger partial charge in [-0.25, -0.2) is 0 Å². The molecule has 0 aromatic carbocycles. The predicted molar refractivity (Wildman–Crippen MR) is 89.5 cm³/mol. The Hall–Kier alpha value is -1.70. The number of aliphatic hydroxyl groups excluding tert-OH is 2. The average Bonchev–Trinajstić information content (AvgIpc) is 2.51. The molecule has 0 bridgehead atoms. The molecule has 0 saturated carbocycles. The standard InChI is InChI=1S/C17H28N2O5/c1-17(2,3)24-16(22)5-4-6-18-7-8-23-15-9-13(11-20)19-14(10-15)12-21/h9-10,18,20-21H,4-8,11-12H2,1-3H3. The van der Waals surface area contributed by atoms with Crippen LogP contribution in [0.25, 0.3) is 0 Å². The maximum atomic E-state index is 11.5. The molecule has 1 rings (SSSR count). The van der Waals surface area contributed by atoms with Gasteiger partial charge in [-0.15, -0.1) is 0 Å². The summed E-state index contributed by atoms with van der Waals surface area (Å²) in [5, 5.41) is 21.4. The number of carbonyl (C=O) groups is 1. The van der Waals surface area contributed by atoms with Crippen molar-refractivity contribution >= 4 is 5.97 Å². The Morgan fingerprint density at radius 2 is 1.79 bits per heavy atom. The molecule has 1 aromatic heterocycles. The minimum atomic E-state index is -0.441. The summed E-state index contributed by atoms with van der Waals surface area (Å²) >= 11 is 0. The van der Waals surface area contributed by atoms with E-state index < -0.39 is 5.60 Å². The molecule has 0 aliphatic rings. The van der Waals surface area contributed by atoms with Crippen molar-refractivity contribution in [2.24, 2.45) is 0 Å². The summed E-state index contributed by atoms with van der Waals surface area (Å²) in [6.07, 6.45) is 1.09. The second kappa shape index (κ2) is 10.2. The molecule has 0 atom stereocenters. The number of nitrogens with zero attached hydrogens (tertiary/aromatic N) is 1. The van der Waals surface area contributed by atoms with Gasteiger partial charge in [-0.2, -0.15) is 0 Å². The zero-order valence-corrected chi connectivity index (χ0v) is 14.7. The molecule has 24 heavy (non-hydrogen) atoms. The lowest BCUT2D eigenvalue weighted by Crippen LogP contribution is -2.26. The molecular formula is C17H28N2O5. The highest BCUT2D eigenvalue weighted by Crippen LogP contribution is 2.14. The van der Waals surface area contributed by atoms with Crippen LogP contribution < -0.4 is 10.1 Å². The number of hydrogen-bond acceptors (Lipinski definition) is 7. The van der Waals surface area contributed by atoms with Crippen molar-refractivity contribution in [3.05, 3.63) is 23.5 Å². The van der Waals surface area contributed by atoms with E-state index in [0.717, 1.165) is 0 Å². The number of ether oxygens (including phenoxy) is 2. The molecule has 0 saturated heterocycles. The first-order valence-electron chi connectivity index (χ1n) is 8.11. The van der Waals surface area contributed by atoms with E-state index in [0.29, 0.717) is 49.7 Å². The van der Waals surface area contributed by atoms with Gasteiger partial charge >= 0.3 is 5.97 Å². The van der Waals surface area contributed by atoms with E-state index in [1.807, 2.05) is 20.8 Å². The van der Waals surface area contributed by atoms with Crippen molar-refractivity contribution in [1.29, 1.82) is 0 Å². The number of rotatable bonds is 10. The summed E-state index contributed by atoms with van der Waals surface area (Å²) in [5.74, 6) is 0.374. The molecule has 0 radical (unpaired) electrons. The lowest BCUT2D eigenvalue weighted by Gasteiger charge is -2.19. The normalized spacial score (nSPS) is 11.4. The summed E-state index contributed by atoms with van der Waals surface area (Å²) in [6.45, 7) is 6.91. The lowest BCUT2D eigenvalue weighted by atomic mass is 10.2. The Labute approximate surface area is 143 Å².